The minimum Gasteiger partial charge on any atom is -0.374 e. The van der Waals surface area contributed by atoms with Crippen molar-refractivity contribution in [2.45, 2.75) is 13.3 Å². The predicted molar refractivity (Wildman–Crippen MR) is 80.0 cm³/mol. The molecule has 0 aliphatic rings. The molecule has 0 aliphatic heterocycles. The van der Waals surface area contributed by atoms with Crippen LogP contribution < -0.4 is 11.3 Å². The number of fused-ring (bicyclic) bond motifs is 1. The molecule has 2 heterocycles. The fraction of sp³-hybridized carbons (Fsp3) is 0.167. The van der Waals surface area contributed by atoms with Gasteiger partial charge in [-0.25, -0.2) is 0 Å². The van der Waals surface area contributed by atoms with E-state index in [4.69, 9.17) is 5.73 Å². The number of hydrogen-bond acceptors (Lipinski definition) is 8. The summed E-state index contributed by atoms with van der Waals surface area (Å²) in [6.45, 7) is 1.76. The van der Waals surface area contributed by atoms with E-state index in [2.05, 4.69) is 15.3 Å². The second-order valence-corrected chi connectivity index (χ2v) is 5.64. The van der Waals surface area contributed by atoms with Crippen molar-refractivity contribution in [3.63, 3.8) is 0 Å². The second kappa shape index (κ2) is 5.15. The molecular formula is C12H10N6O3S. The van der Waals surface area contributed by atoms with Crippen LogP contribution in [0.2, 0.25) is 0 Å². The van der Waals surface area contributed by atoms with Gasteiger partial charge >= 0.3 is 0 Å². The monoisotopic (exact) mass is 318 g/mol. The Labute approximate surface area is 127 Å². The lowest BCUT2D eigenvalue weighted by atomic mass is 10.1. The smallest absolute Gasteiger partial charge is 0.297 e. The number of nitro groups is 1. The molecule has 0 saturated carbocycles. The molecule has 3 aromatic rings. The Morgan fingerprint density at radius 2 is 2.18 bits per heavy atom. The van der Waals surface area contributed by atoms with Gasteiger partial charge in [0, 0.05) is 18.1 Å². The molecular weight excluding hydrogens is 308 g/mol. The molecule has 2 N–H and O–H groups in total. The predicted octanol–water partition coefficient (Wildman–Crippen LogP) is 0.936. The number of rotatable bonds is 3. The Morgan fingerprint density at radius 3 is 2.91 bits per heavy atom. The third-order valence-corrected chi connectivity index (χ3v) is 3.79. The van der Waals surface area contributed by atoms with E-state index in [9.17, 15) is 14.9 Å². The van der Waals surface area contributed by atoms with Gasteiger partial charge in [0.25, 0.3) is 11.2 Å². The van der Waals surface area contributed by atoms with Gasteiger partial charge in [-0.1, -0.05) is 23.5 Å². The summed E-state index contributed by atoms with van der Waals surface area (Å²) in [7, 11) is 0. The summed E-state index contributed by atoms with van der Waals surface area (Å²) in [6.07, 6.45) is 0.00278. The van der Waals surface area contributed by atoms with Crippen LogP contribution in [0.4, 0.5) is 10.8 Å². The van der Waals surface area contributed by atoms with Crippen LogP contribution in [0.5, 0.6) is 0 Å². The van der Waals surface area contributed by atoms with Crippen LogP contribution in [0, 0.1) is 17.0 Å². The number of nitrogen functional groups attached to an aromatic ring is 1. The second-order valence-electron chi connectivity index (χ2n) is 4.65. The molecule has 0 radical (unpaired) electrons. The van der Waals surface area contributed by atoms with Crippen LogP contribution in [-0.4, -0.2) is 24.7 Å². The zero-order valence-electron chi connectivity index (χ0n) is 11.4. The van der Waals surface area contributed by atoms with Gasteiger partial charge in [0.05, 0.1) is 4.92 Å². The first kappa shape index (κ1) is 14.1. The van der Waals surface area contributed by atoms with Crippen LogP contribution >= 0.6 is 11.3 Å². The lowest BCUT2D eigenvalue weighted by Gasteiger charge is -2.03. The lowest BCUT2D eigenvalue weighted by Crippen LogP contribution is -2.22. The molecule has 0 aliphatic carbocycles. The summed E-state index contributed by atoms with van der Waals surface area (Å²) >= 11 is 1.04. The Bertz CT molecular complexity index is 948. The van der Waals surface area contributed by atoms with Crippen molar-refractivity contribution < 1.29 is 4.92 Å². The van der Waals surface area contributed by atoms with E-state index in [-0.39, 0.29) is 27.9 Å². The van der Waals surface area contributed by atoms with Crippen molar-refractivity contribution in [1.29, 1.82) is 0 Å². The van der Waals surface area contributed by atoms with Crippen LogP contribution in [0.15, 0.2) is 23.0 Å². The SMILES string of the molecule is Cc1ccc(Cc2nnc3sc(N)nn3c2=O)c([N+](=O)[O-])c1. The summed E-state index contributed by atoms with van der Waals surface area (Å²) in [6, 6.07) is 4.81. The average molecular weight is 318 g/mol. The normalized spacial score (nSPS) is 11.0. The van der Waals surface area contributed by atoms with Crippen molar-refractivity contribution in [2.24, 2.45) is 0 Å². The number of aromatic nitrogens is 4. The molecule has 10 heteroatoms. The number of nitro benzene ring substituents is 1. The van der Waals surface area contributed by atoms with Gasteiger partial charge in [0.2, 0.25) is 10.1 Å². The van der Waals surface area contributed by atoms with E-state index in [1.54, 1.807) is 19.1 Å². The molecule has 1 aromatic carbocycles. The first-order chi connectivity index (χ1) is 10.5. The summed E-state index contributed by atoms with van der Waals surface area (Å²) in [5.74, 6) is 0. The third-order valence-electron chi connectivity index (χ3n) is 3.07. The van der Waals surface area contributed by atoms with Crippen molar-refractivity contribution in [3.05, 3.63) is 55.5 Å². The van der Waals surface area contributed by atoms with Crippen molar-refractivity contribution in [2.75, 3.05) is 5.73 Å². The van der Waals surface area contributed by atoms with Crippen LogP contribution in [-0.2, 0) is 6.42 Å². The molecule has 0 unspecified atom stereocenters. The summed E-state index contributed by atoms with van der Waals surface area (Å²) in [5, 5.41) is 22.9. The zero-order chi connectivity index (χ0) is 15.9. The van der Waals surface area contributed by atoms with E-state index in [1.165, 1.54) is 6.07 Å². The molecule has 0 atom stereocenters. The van der Waals surface area contributed by atoms with E-state index < -0.39 is 10.5 Å². The number of anilines is 1. The van der Waals surface area contributed by atoms with Crippen LogP contribution in [0.1, 0.15) is 16.8 Å². The third kappa shape index (κ3) is 2.39. The Kier molecular flexibility index (Phi) is 3.29. The molecule has 0 bridgehead atoms. The fourth-order valence-electron chi connectivity index (χ4n) is 2.05. The Hall–Kier alpha value is -2.88. The molecule has 0 spiro atoms. The van der Waals surface area contributed by atoms with Crippen molar-refractivity contribution >= 4 is 27.1 Å². The Balaban J connectivity index is 2.09. The standard InChI is InChI=1S/C12H10N6O3S/c1-6-2-3-7(9(4-6)18(20)21)5-8-10(19)17-12(15-14-8)22-11(13)16-17/h2-4H,5H2,1H3,(H2,13,16). The minimum atomic E-state index is -0.479. The van der Waals surface area contributed by atoms with Gasteiger partial charge in [-0.15, -0.1) is 15.3 Å². The van der Waals surface area contributed by atoms with Crippen molar-refractivity contribution in [3.8, 4) is 0 Å². The molecule has 2 aromatic heterocycles. The Morgan fingerprint density at radius 1 is 1.41 bits per heavy atom. The molecule has 9 nitrogen and oxygen atoms in total. The highest BCUT2D eigenvalue weighted by Crippen LogP contribution is 2.22. The van der Waals surface area contributed by atoms with Gasteiger partial charge in [-0.05, 0) is 12.5 Å². The van der Waals surface area contributed by atoms with E-state index in [1.807, 2.05) is 0 Å². The molecule has 0 amide bonds. The summed E-state index contributed by atoms with van der Waals surface area (Å²) < 4.78 is 1.06. The maximum atomic E-state index is 12.3. The quantitative estimate of drug-likeness (QED) is 0.561. The average Bonchev–Trinajstić information content (AvgIpc) is 2.85. The highest BCUT2D eigenvalue weighted by Gasteiger charge is 2.18. The van der Waals surface area contributed by atoms with Gasteiger partial charge in [0.1, 0.15) is 5.69 Å². The maximum Gasteiger partial charge on any atom is 0.297 e. The maximum absolute atomic E-state index is 12.3. The number of nitrogens with zero attached hydrogens (tertiary/aromatic N) is 5. The highest BCUT2D eigenvalue weighted by molar-refractivity contribution is 7.20. The molecule has 0 fully saturated rings. The van der Waals surface area contributed by atoms with Crippen LogP contribution in [0.3, 0.4) is 0 Å². The minimum absolute atomic E-state index is 0.00278. The molecule has 22 heavy (non-hydrogen) atoms. The highest BCUT2D eigenvalue weighted by atomic mass is 32.1. The number of nitrogens with two attached hydrogens (primary N) is 1. The first-order valence-corrected chi connectivity index (χ1v) is 7.02. The van der Waals surface area contributed by atoms with Gasteiger partial charge in [-0.2, -0.15) is 4.52 Å². The number of hydrogen-bond donors (Lipinski definition) is 1. The largest absolute Gasteiger partial charge is 0.374 e. The van der Waals surface area contributed by atoms with Gasteiger partial charge in [0.15, 0.2) is 0 Å². The summed E-state index contributed by atoms with van der Waals surface area (Å²) in [4.78, 5) is 23.2. The first-order valence-electron chi connectivity index (χ1n) is 6.20. The zero-order valence-corrected chi connectivity index (χ0v) is 12.2. The lowest BCUT2D eigenvalue weighted by molar-refractivity contribution is -0.385. The van der Waals surface area contributed by atoms with Crippen molar-refractivity contribution in [1.82, 2.24) is 19.8 Å². The van der Waals surface area contributed by atoms with E-state index in [0.717, 1.165) is 21.4 Å². The topological polar surface area (TPSA) is 129 Å². The van der Waals surface area contributed by atoms with E-state index in [0.29, 0.717) is 5.56 Å². The molecule has 0 saturated heterocycles. The van der Waals surface area contributed by atoms with Gasteiger partial charge in [-0.3, -0.25) is 14.9 Å². The number of aryl methyl sites for hydroxylation is 1. The molecule has 112 valence electrons. The number of benzene rings is 1. The van der Waals surface area contributed by atoms with E-state index >= 15 is 0 Å². The summed E-state index contributed by atoms with van der Waals surface area (Å²) in [5.41, 5.74) is 6.24. The molecule has 3 rings (SSSR count). The van der Waals surface area contributed by atoms with Gasteiger partial charge < -0.3 is 5.73 Å². The fourth-order valence-corrected chi connectivity index (χ4v) is 2.65. The van der Waals surface area contributed by atoms with Crippen LogP contribution in [0.25, 0.3) is 4.96 Å².